The van der Waals surface area contributed by atoms with Crippen molar-refractivity contribution in [3.8, 4) is 0 Å². The van der Waals surface area contributed by atoms with E-state index in [9.17, 15) is 4.79 Å². The molecule has 17 heavy (non-hydrogen) atoms. The van der Waals surface area contributed by atoms with E-state index >= 15 is 0 Å². The number of anilines is 1. The van der Waals surface area contributed by atoms with Crippen LogP contribution >= 0.6 is 0 Å². The van der Waals surface area contributed by atoms with Crippen molar-refractivity contribution in [3.05, 3.63) is 58.8 Å². The average molecular weight is 223 g/mol. The third-order valence-electron chi connectivity index (χ3n) is 3.30. The predicted molar refractivity (Wildman–Crippen MR) is 69.7 cm³/mol. The Morgan fingerprint density at radius 2 is 2.12 bits per heavy atom. The summed E-state index contributed by atoms with van der Waals surface area (Å²) in [4.78, 5) is 13.2. The highest BCUT2D eigenvalue weighted by molar-refractivity contribution is 5.89. The van der Waals surface area contributed by atoms with Gasteiger partial charge in [-0.15, -0.1) is 0 Å². The van der Waals surface area contributed by atoms with Crippen LogP contribution in [0.25, 0.3) is 6.08 Å². The zero-order valence-corrected chi connectivity index (χ0v) is 9.68. The van der Waals surface area contributed by atoms with Crippen molar-refractivity contribution >= 4 is 18.0 Å². The summed E-state index contributed by atoms with van der Waals surface area (Å²) in [6.07, 6.45) is 7.96. The van der Waals surface area contributed by atoms with Crippen LogP contribution in [0.5, 0.6) is 0 Å². The molecular formula is C15H13NO. The van der Waals surface area contributed by atoms with E-state index in [1.807, 2.05) is 31.3 Å². The Labute approximate surface area is 101 Å². The first-order valence-corrected chi connectivity index (χ1v) is 5.71. The number of hydrogen-bond donors (Lipinski definition) is 0. The monoisotopic (exact) mass is 223 g/mol. The minimum atomic E-state index is 0.763. The molecule has 0 radical (unpaired) electrons. The lowest BCUT2D eigenvalue weighted by Gasteiger charge is -2.32. The topological polar surface area (TPSA) is 20.3 Å². The van der Waals surface area contributed by atoms with E-state index in [-0.39, 0.29) is 0 Å². The lowest BCUT2D eigenvalue weighted by atomic mass is 9.91. The number of para-hydroxylation sites is 1. The molecule has 0 saturated carbocycles. The van der Waals surface area contributed by atoms with Gasteiger partial charge in [0.05, 0.1) is 5.70 Å². The highest BCUT2D eigenvalue weighted by atomic mass is 16.1. The molecule has 3 rings (SSSR count). The summed E-state index contributed by atoms with van der Waals surface area (Å²) in [7, 11) is 2.02. The fourth-order valence-electron chi connectivity index (χ4n) is 2.53. The van der Waals surface area contributed by atoms with Crippen LogP contribution in [0.1, 0.15) is 12.0 Å². The van der Waals surface area contributed by atoms with Gasteiger partial charge in [-0.3, -0.25) is 4.79 Å². The van der Waals surface area contributed by atoms with Crippen molar-refractivity contribution < 1.29 is 4.79 Å². The maximum atomic E-state index is 11.1. The largest absolute Gasteiger partial charge is 0.343 e. The average Bonchev–Trinajstić information content (AvgIpc) is 2.38. The molecule has 2 aliphatic rings. The molecule has 0 atom stereocenters. The fourth-order valence-corrected chi connectivity index (χ4v) is 2.53. The van der Waals surface area contributed by atoms with Crippen LogP contribution in [0.2, 0.25) is 0 Å². The van der Waals surface area contributed by atoms with E-state index in [0.717, 1.165) is 29.7 Å². The summed E-state index contributed by atoms with van der Waals surface area (Å²) in [6, 6.07) is 8.25. The molecule has 1 aromatic rings. The van der Waals surface area contributed by atoms with E-state index in [0.29, 0.717) is 0 Å². The summed E-state index contributed by atoms with van der Waals surface area (Å²) in [5.74, 6) is 0. The number of carbonyl (C=O) groups is 1. The second-order valence-corrected chi connectivity index (χ2v) is 4.32. The minimum Gasteiger partial charge on any atom is -0.343 e. The number of allylic oxidation sites excluding steroid dienone is 4. The van der Waals surface area contributed by atoms with Gasteiger partial charge in [-0.1, -0.05) is 30.4 Å². The number of nitrogens with zero attached hydrogens (tertiary/aromatic N) is 1. The molecule has 2 nitrogen and oxygen atoms in total. The fraction of sp³-hybridized carbons (Fsp3) is 0.133. The normalized spacial score (nSPS) is 17.5. The summed E-state index contributed by atoms with van der Waals surface area (Å²) in [6.45, 7) is 0. The van der Waals surface area contributed by atoms with E-state index in [1.165, 1.54) is 11.1 Å². The zero-order valence-electron chi connectivity index (χ0n) is 9.68. The van der Waals surface area contributed by atoms with Crippen molar-refractivity contribution in [2.75, 3.05) is 11.9 Å². The Hall–Kier alpha value is -2.09. The number of benzene rings is 1. The predicted octanol–water partition coefficient (Wildman–Crippen LogP) is 2.93. The van der Waals surface area contributed by atoms with Crippen molar-refractivity contribution in [1.82, 2.24) is 0 Å². The van der Waals surface area contributed by atoms with Crippen LogP contribution < -0.4 is 4.90 Å². The number of hydrogen-bond acceptors (Lipinski definition) is 2. The molecule has 1 aromatic carbocycles. The SMILES string of the molecule is CN1C2=C(C=O)C=CCC2=Cc2ccccc21. The molecule has 1 aliphatic carbocycles. The van der Waals surface area contributed by atoms with Crippen LogP contribution in [0.3, 0.4) is 0 Å². The van der Waals surface area contributed by atoms with E-state index in [1.54, 1.807) is 0 Å². The van der Waals surface area contributed by atoms with Gasteiger partial charge in [0.1, 0.15) is 0 Å². The maximum Gasteiger partial charge on any atom is 0.152 e. The quantitative estimate of drug-likeness (QED) is 0.682. The molecule has 0 unspecified atom stereocenters. The smallest absolute Gasteiger partial charge is 0.152 e. The number of carbonyl (C=O) groups excluding carboxylic acids is 1. The van der Waals surface area contributed by atoms with Crippen LogP contribution in [-0.2, 0) is 4.79 Å². The Morgan fingerprint density at radius 1 is 1.29 bits per heavy atom. The lowest BCUT2D eigenvalue weighted by Crippen LogP contribution is -2.24. The third-order valence-corrected chi connectivity index (χ3v) is 3.30. The van der Waals surface area contributed by atoms with Gasteiger partial charge in [-0.25, -0.2) is 0 Å². The Bertz CT molecular complexity index is 578. The molecule has 84 valence electrons. The van der Waals surface area contributed by atoms with Crippen molar-refractivity contribution in [2.45, 2.75) is 6.42 Å². The first-order chi connectivity index (χ1) is 8.31. The number of likely N-dealkylation sites (N-methyl/N-ethyl adjacent to an activating group) is 1. The number of rotatable bonds is 1. The highest BCUT2D eigenvalue weighted by Gasteiger charge is 2.23. The molecule has 2 heteroatoms. The van der Waals surface area contributed by atoms with Gasteiger partial charge in [-0.2, -0.15) is 0 Å². The van der Waals surface area contributed by atoms with Gasteiger partial charge in [-0.05, 0) is 29.7 Å². The summed E-state index contributed by atoms with van der Waals surface area (Å²) < 4.78 is 0. The highest BCUT2D eigenvalue weighted by Crippen LogP contribution is 2.38. The van der Waals surface area contributed by atoms with E-state index in [4.69, 9.17) is 0 Å². The van der Waals surface area contributed by atoms with Gasteiger partial charge in [0, 0.05) is 18.3 Å². The van der Waals surface area contributed by atoms with Crippen LogP contribution in [0.15, 0.2) is 53.3 Å². The Morgan fingerprint density at radius 3 is 2.94 bits per heavy atom. The van der Waals surface area contributed by atoms with Crippen molar-refractivity contribution in [1.29, 1.82) is 0 Å². The van der Waals surface area contributed by atoms with Crippen LogP contribution in [0.4, 0.5) is 5.69 Å². The Balaban J connectivity index is 2.25. The summed E-state index contributed by atoms with van der Waals surface area (Å²) in [5, 5.41) is 0. The van der Waals surface area contributed by atoms with Gasteiger partial charge in [0.2, 0.25) is 0 Å². The molecule has 0 N–H and O–H groups in total. The summed E-state index contributed by atoms with van der Waals surface area (Å²) in [5.41, 5.74) is 5.40. The first kappa shape index (κ1) is 10.1. The van der Waals surface area contributed by atoms with Gasteiger partial charge in [0.25, 0.3) is 0 Å². The molecule has 0 amide bonds. The molecule has 0 saturated heterocycles. The molecule has 0 bridgehead atoms. The van der Waals surface area contributed by atoms with Crippen LogP contribution in [-0.4, -0.2) is 13.3 Å². The molecule has 0 aromatic heterocycles. The minimum absolute atomic E-state index is 0.763. The van der Waals surface area contributed by atoms with Crippen LogP contribution in [0, 0.1) is 0 Å². The van der Waals surface area contributed by atoms with Gasteiger partial charge in [0.15, 0.2) is 6.29 Å². The van der Waals surface area contributed by atoms with Crippen molar-refractivity contribution in [3.63, 3.8) is 0 Å². The molecule has 1 aliphatic heterocycles. The molecule has 1 heterocycles. The Kier molecular flexibility index (Phi) is 2.22. The lowest BCUT2D eigenvalue weighted by molar-refractivity contribution is -0.104. The standard InChI is InChI=1S/C15H13NO/c1-16-14-8-3-2-5-11(14)9-12-6-4-7-13(10-17)15(12)16/h2-5,7-10H,6H2,1H3. The maximum absolute atomic E-state index is 11.1. The molecule has 0 spiro atoms. The van der Waals surface area contributed by atoms with E-state index in [2.05, 4.69) is 23.1 Å². The summed E-state index contributed by atoms with van der Waals surface area (Å²) >= 11 is 0. The first-order valence-electron chi connectivity index (χ1n) is 5.71. The second-order valence-electron chi connectivity index (χ2n) is 4.32. The van der Waals surface area contributed by atoms with Crippen molar-refractivity contribution in [2.24, 2.45) is 0 Å². The molecule has 0 fully saturated rings. The van der Waals surface area contributed by atoms with E-state index < -0.39 is 0 Å². The van der Waals surface area contributed by atoms with Gasteiger partial charge >= 0.3 is 0 Å². The zero-order chi connectivity index (χ0) is 11.8. The van der Waals surface area contributed by atoms with Gasteiger partial charge < -0.3 is 4.90 Å². The second kappa shape index (κ2) is 3.74. The molecular weight excluding hydrogens is 210 g/mol. The number of aldehydes is 1. The number of fused-ring (bicyclic) bond motifs is 2. The third kappa shape index (κ3) is 1.45.